The van der Waals surface area contributed by atoms with Gasteiger partial charge in [-0.25, -0.2) is 0 Å². The van der Waals surface area contributed by atoms with Gasteiger partial charge < -0.3 is 4.90 Å². The van der Waals surface area contributed by atoms with Crippen molar-refractivity contribution in [1.82, 2.24) is 0 Å². The van der Waals surface area contributed by atoms with E-state index in [1.165, 1.54) is 18.2 Å². The van der Waals surface area contributed by atoms with Crippen LogP contribution in [0.25, 0.3) is 0 Å². The van der Waals surface area contributed by atoms with Gasteiger partial charge >= 0.3 is 0 Å². The van der Waals surface area contributed by atoms with Gasteiger partial charge in [0.1, 0.15) is 16.3 Å². The van der Waals surface area contributed by atoms with Crippen LogP contribution >= 0.6 is 0 Å². The van der Waals surface area contributed by atoms with E-state index in [2.05, 4.69) is 10.2 Å². The van der Waals surface area contributed by atoms with Crippen molar-refractivity contribution in [1.29, 1.82) is 0 Å². The third-order valence-corrected chi connectivity index (χ3v) is 3.67. The summed E-state index contributed by atoms with van der Waals surface area (Å²) in [5, 5.41) is 8.02. The van der Waals surface area contributed by atoms with Crippen LogP contribution in [-0.4, -0.2) is 56.6 Å². The van der Waals surface area contributed by atoms with E-state index in [9.17, 15) is 13.0 Å². The molecule has 0 unspecified atom stereocenters. The summed E-state index contributed by atoms with van der Waals surface area (Å²) in [5.74, 6) is 0. The average molecular weight is 328 g/mol. The number of hydrogen-bond acceptors (Lipinski definition) is 5. The number of rotatable bonds is 4. The maximum absolute atomic E-state index is 11.3. The van der Waals surface area contributed by atoms with E-state index >= 15 is 0 Å². The van der Waals surface area contributed by atoms with E-state index in [0.717, 1.165) is 5.69 Å². The zero-order chi connectivity index (χ0) is 15.5. The molecule has 0 amide bonds. The fourth-order valence-electron chi connectivity index (χ4n) is 1.79. The van der Waals surface area contributed by atoms with Crippen LogP contribution in [0, 0.1) is 0 Å². The topological polar surface area (TPSA) is 82.3 Å². The Hall–Kier alpha value is -1.25. The third-order valence-electron chi connectivity index (χ3n) is 2.77. The quantitative estimate of drug-likeness (QED) is 0.531. The van der Waals surface area contributed by atoms with Crippen LogP contribution in [0.3, 0.4) is 0 Å². The van der Waals surface area contributed by atoms with Crippen LogP contribution in [0.15, 0.2) is 63.7 Å². The zero-order valence-electron chi connectivity index (χ0n) is 12.6. The van der Waals surface area contributed by atoms with Crippen molar-refractivity contribution < 1.29 is 13.0 Å². The first kappa shape index (κ1) is 18.8. The Balaban J connectivity index is 0.00000242. The van der Waals surface area contributed by atoms with Gasteiger partial charge in [0.25, 0.3) is 10.1 Å². The van der Waals surface area contributed by atoms with E-state index in [1.807, 2.05) is 37.2 Å². The van der Waals surface area contributed by atoms with E-state index in [4.69, 9.17) is 0 Å². The summed E-state index contributed by atoms with van der Waals surface area (Å²) in [5.41, 5.74) is 1.55. The predicted octanol–water partition coefficient (Wildman–Crippen LogP) is 3.03. The van der Waals surface area contributed by atoms with Gasteiger partial charge in [-0.3, -0.25) is 4.55 Å². The molecule has 0 saturated carbocycles. The normalized spacial score (nSPS) is 11.2. The van der Waals surface area contributed by atoms with Crippen molar-refractivity contribution in [3.8, 4) is 0 Å². The van der Waals surface area contributed by atoms with Crippen LogP contribution < -0.4 is 4.90 Å². The predicted molar refractivity (Wildman–Crippen MR) is 87.0 cm³/mol. The molecular formula is C14H15N3NaO3S. The molecule has 8 heteroatoms. The van der Waals surface area contributed by atoms with E-state index in [0.29, 0.717) is 5.69 Å². The molecule has 0 saturated heterocycles. The van der Waals surface area contributed by atoms with E-state index < -0.39 is 10.1 Å². The summed E-state index contributed by atoms with van der Waals surface area (Å²) < 4.78 is 31.7. The molecule has 0 fully saturated rings. The molecule has 111 valence electrons. The Labute approximate surface area is 151 Å². The molecule has 0 aliphatic heterocycles. The van der Waals surface area contributed by atoms with Gasteiger partial charge in [0.15, 0.2) is 0 Å². The molecule has 2 rings (SSSR count). The Bertz CT molecular complexity index is 776. The van der Waals surface area contributed by atoms with Crippen LogP contribution in [0.2, 0.25) is 0 Å². The van der Waals surface area contributed by atoms with Crippen molar-refractivity contribution in [3.63, 3.8) is 0 Å². The molecule has 0 aliphatic carbocycles. The number of benzene rings is 2. The van der Waals surface area contributed by atoms with Crippen molar-refractivity contribution in [2.75, 3.05) is 19.0 Å². The Morgan fingerprint density at radius 3 is 2.00 bits per heavy atom. The molecule has 1 radical (unpaired) electrons. The van der Waals surface area contributed by atoms with Crippen LogP contribution in [0.5, 0.6) is 0 Å². The van der Waals surface area contributed by atoms with Gasteiger partial charge in [-0.2, -0.15) is 8.42 Å². The monoisotopic (exact) mass is 328 g/mol. The first-order valence-electron chi connectivity index (χ1n) is 6.14. The van der Waals surface area contributed by atoms with Crippen molar-refractivity contribution >= 4 is 56.7 Å². The molecule has 0 spiro atoms. The molecule has 2 aromatic rings. The number of para-hydroxylation sites is 1. The van der Waals surface area contributed by atoms with Crippen molar-refractivity contribution in [2.24, 2.45) is 10.2 Å². The Morgan fingerprint density at radius 2 is 1.41 bits per heavy atom. The largest absolute Gasteiger partial charge is 0.376 e. The van der Waals surface area contributed by atoms with Gasteiger partial charge in [-0.1, -0.05) is 24.3 Å². The van der Waals surface area contributed by atoms with E-state index in [1.54, 1.807) is 12.1 Å². The molecule has 0 atom stereocenters. The maximum Gasteiger partial charge on any atom is 0.296 e. The van der Waals surface area contributed by atoms with Crippen LogP contribution in [0.4, 0.5) is 17.1 Å². The van der Waals surface area contributed by atoms with Crippen LogP contribution in [0.1, 0.15) is 0 Å². The first-order chi connectivity index (χ1) is 9.89. The fraction of sp³-hybridized carbons (Fsp3) is 0.143. The van der Waals surface area contributed by atoms with Gasteiger partial charge in [0, 0.05) is 43.7 Å². The Kier molecular flexibility index (Phi) is 6.70. The first-order valence-corrected chi connectivity index (χ1v) is 7.58. The molecule has 1 N–H and O–H groups in total. The average Bonchev–Trinajstić information content (AvgIpc) is 2.44. The summed E-state index contributed by atoms with van der Waals surface area (Å²) in [7, 11) is -0.578. The summed E-state index contributed by atoms with van der Waals surface area (Å²) in [4.78, 5) is 1.61. The van der Waals surface area contributed by atoms with E-state index in [-0.39, 0.29) is 40.1 Å². The SMILES string of the molecule is CN(C)c1ccccc1N=Nc1ccccc1S(=O)(=O)O.[Na]. The fourth-order valence-corrected chi connectivity index (χ4v) is 2.42. The number of nitrogens with zero attached hydrogens (tertiary/aromatic N) is 3. The second kappa shape index (κ2) is 7.85. The molecule has 2 aromatic carbocycles. The van der Waals surface area contributed by atoms with Crippen LogP contribution in [-0.2, 0) is 10.1 Å². The zero-order valence-corrected chi connectivity index (χ0v) is 15.4. The van der Waals surface area contributed by atoms with Gasteiger partial charge in [0.2, 0.25) is 0 Å². The second-order valence-corrected chi connectivity index (χ2v) is 5.92. The molecule has 6 nitrogen and oxygen atoms in total. The molecule has 0 bridgehead atoms. The second-order valence-electron chi connectivity index (χ2n) is 4.53. The summed E-state index contributed by atoms with van der Waals surface area (Å²) in [6.45, 7) is 0. The minimum Gasteiger partial charge on any atom is -0.376 e. The minimum atomic E-state index is -4.33. The summed E-state index contributed by atoms with van der Waals surface area (Å²) in [6, 6.07) is 13.2. The van der Waals surface area contributed by atoms with Gasteiger partial charge in [-0.15, -0.1) is 10.2 Å². The number of anilines is 1. The van der Waals surface area contributed by atoms with Crippen molar-refractivity contribution in [2.45, 2.75) is 4.90 Å². The Morgan fingerprint density at radius 1 is 0.909 bits per heavy atom. The molecule has 22 heavy (non-hydrogen) atoms. The third kappa shape index (κ3) is 4.62. The number of hydrogen-bond donors (Lipinski definition) is 1. The standard InChI is InChI=1S/C14H15N3O3S.Na/c1-17(2)13-9-5-3-7-11(13)15-16-12-8-4-6-10-14(12)21(18,19)20;/h3-10H,1-2H3,(H,18,19,20);. The molecule has 0 aliphatic rings. The molecule has 0 heterocycles. The smallest absolute Gasteiger partial charge is 0.296 e. The summed E-state index contributed by atoms with van der Waals surface area (Å²) >= 11 is 0. The summed E-state index contributed by atoms with van der Waals surface area (Å²) in [6.07, 6.45) is 0. The molecular weight excluding hydrogens is 313 g/mol. The van der Waals surface area contributed by atoms with Crippen molar-refractivity contribution in [3.05, 3.63) is 48.5 Å². The van der Waals surface area contributed by atoms with Gasteiger partial charge in [-0.05, 0) is 24.3 Å². The minimum absolute atomic E-state index is 0. The maximum atomic E-state index is 11.3. The molecule has 0 aromatic heterocycles. The number of azo groups is 1. The van der Waals surface area contributed by atoms with Gasteiger partial charge in [0.05, 0.1) is 5.69 Å².